The molecule has 1 aliphatic heterocycles. The minimum Gasteiger partial charge on any atom is -0.865 e. The summed E-state index contributed by atoms with van der Waals surface area (Å²) < 4.78 is 4.73. The number of carbonyl (C=O) groups excluding carboxylic acids is 1. The Morgan fingerprint density at radius 2 is 1.95 bits per heavy atom. The van der Waals surface area contributed by atoms with E-state index in [9.17, 15) is 14.7 Å². The van der Waals surface area contributed by atoms with E-state index < -0.39 is 42.3 Å². The van der Waals surface area contributed by atoms with Gasteiger partial charge in [0.2, 0.25) is 0 Å². The number of aliphatic hydroxyl groups excluding tert-OH is 3. The van der Waals surface area contributed by atoms with Gasteiger partial charge >= 0.3 is 11.9 Å². The van der Waals surface area contributed by atoms with Crippen LogP contribution in [0.15, 0.2) is 11.5 Å². The quantitative estimate of drug-likeness (QED) is 0.320. The van der Waals surface area contributed by atoms with E-state index in [-0.39, 0.29) is 6.54 Å². The molecular formula is C11H19NO8. The van der Waals surface area contributed by atoms with E-state index in [1.165, 1.54) is 0 Å². The number of nitrogens with zero attached hydrogens (tertiary/aromatic N) is 1. The number of cyclic esters (lactones) is 1. The van der Waals surface area contributed by atoms with Gasteiger partial charge in [0.15, 0.2) is 12.6 Å². The number of esters is 1. The number of quaternary nitrogens is 1. The Balaban J connectivity index is 0.000000396. The zero-order valence-corrected chi connectivity index (χ0v) is 11.4. The number of aliphatic hydroxyl groups is 3. The third kappa shape index (κ3) is 5.87. The molecule has 0 aromatic carbocycles. The average Bonchev–Trinajstić information content (AvgIpc) is 2.53. The Labute approximate surface area is 115 Å². The molecule has 0 radical (unpaired) electrons. The first-order valence-electron chi connectivity index (χ1n) is 5.62. The number of aliphatic carboxylic acids is 1. The van der Waals surface area contributed by atoms with Crippen LogP contribution in [0.5, 0.6) is 0 Å². The Bertz CT molecular complexity index is 398. The van der Waals surface area contributed by atoms with E-state index in [2.05, 4.69) is 4.74 Å². The number of carboxylic acids is 1. The van der Waals surface area contributed by atoms with Crippen molar-refractivity contribution >= 4 is 11.9 Å². The fourth-order valence-corrected chi connectivity index (χ4v) is 1.22. The molecule has 9 heteroatoms. The summed E-state index contributed by atoms with van der Waals surface area (Å²) in [5, 5.41) is 45.0. The molecule has 0 bridgehead atoms. The van der Waals surface area contributed by atoms with E-state index in [0.29, 0.717) is 4.48 Å². The van der Waals surface area contributed by atoms with Gasteiger partial charge in [0, 0.05) is 5.76 Å². The molecule has 1 aliphatic rings. The normalized spacial score (nSPS) is 20.1. The minimum absolute atomic E-state index is 0.181. The highest BCUT2D eigenvalue weighted by molar-refractivity contribution is 5.88. The fourth-order valence-electron chi connectivity index (χ4n) is 1.22. The summed E-state index contributed by atoms with van der Waals surface area (Å²) in [6.07, 6.45) is -2.88. The summed E-state index contributed by atoms with van der Waals surface area (Å²) in [5.41, 5.74) is 0. The molecule has 0 aromatic heterocycles. The maximum atomic E-state index is 10.6. The second-order valence-electron chi connectivity index (χ2n) is 5.13. The molecule has 0 saturated heterocycles. The molecule has 0 fully saturated rings. The molecule has 0 saturated carbocycles. The highest BCUT2D eigenvalue weighted by Crippen LogP contribution is 2.19. The largest absolute Gasteiger partial charge is 0.865 e. The highest BCUT2D eigenvalue weighted by Gasteiger charge is 2.34. The lowest BCUT2D eigenvalue weighted by Crippen LogP contribution is -2.39. The van der Waals surface area contributed by atoms with Gasteiger partial charge in [-0.3, -0.25) is 0 Å². The smallest absolute Gasteiger partial charge is 0.359 e. The van der Waals surface area contributed by atoms with E-state index in [1.54, 1.807) is 0 Å². The van der Waals surface area contributed by atoms with Gasteiger partial charge in [-0.25, -0.2) is 9.59 Å². The molecule has 20 heavy (non-hydrogen) atoms. The molecule has 4 N–H and O–H groups in total. The summed E-state index contributed by atoms with van der Waals surface area (Å²) in [7, 11) is 5.52. The molecule has 0 aromatic rings. The summed E-state index contributed by atoms with van der Waals surface area (Å²) in [6.45, 7) is -0.519. The SMILES string of the molecule is C[N+](C)(C)CC(=O)O.O=C1OC([C@@H](O)CO)C(O)=C1[O-]. The van der Waals surface area contributed by atoms with Crippen molar-refractivity contribution in [3.63, 3.8) is 0 Å². The zero-order chi connectivity index (χ0) is 16.1. The van der Waals surface area contributed by atoms with E-state index in [0.717, 1.165) is 0 Å². The first kappa shape index (κ1) is 18.2. The summed E-state index contributed by atoms with van der Waals surface area (Å²) >= 11 is 0. The molecule has 0 spiro atoms. The molecule has 116 valence electrons. The van der Waals surface area contributed by atoms with Crippen LogP contribution in [0.2, 0.25) is 0 Å². The van der Waals surface area contributed by atoms with Crippen LogP contribution in [-0.2, 0) is 14.3 Å². The van der Waals surface area contributed by atoms with Crippen molar-refractivity contribution < 1.29 is 44.3 Å². The number of ether oxygens (including phenoxy) is 1. The van der Waals surface area contributed by atoms with Crippen LogP contribution in [0.25, 0.3) is 0 Å². The molecule has 1 rings (SSSR count). The average molecular weight is 293 g/mol. The second-order valence-corrected chi connectivity index (χ2v) is 5.13. The van der Waals surface area contributed by atoms with Crippen LogP contribution in [0.4, 0.5) is 0 Å². The molecule has 9 nitrogen and oxygen atoms in total. The van der Waals surface area contributed by atoms with Gasteiger partial charge in [-0.2, -0.15) is 0 Å². The van der Waals surface area contributed by atoms with Crippen molar-refractivity contribution in [2.75, 3.05) is 34.3 Å². The summed E-state index contributed by atoms with van der Waals surface area (Å²) in [6, 6.07) is 0. The number of hydrogen-bond donors (Lipinski definition) is 4. The van der Waals surface area contributed by atoms with Crippen molar-refractivity contribution in [2.24, 2.45) is 0 Å². The second kappa shape index (κ2) is 7.08. The highest BCUT2D eigenvalue weighted by atomic mass is 16.6. The van der Waals surface area contributed by atoms with Crippen molar-refractivity contribution in [3.8, 4) is 0 Å². The topological polar surface area (TPSA) is 147 Å². The van der Waals surface area contributed by atoms with Crippen LogP contribution >= 0.6 is 0 Å². The van der Waals surface area contributed by atoms with Crippen molar-refractivity contribution in [1.82, 2.24) is 0 Å². The molecular weight excluding hydrogens is 274 g/mol. The standard InChI is InChI=1S/C6H8O6.C5H11NO2/c7-1-2(8)5-3(9)4(10)6(11)12-5;1-6(2,3)4-5(7)8/h2,5,7-10H,1H2;4H2,1-3H3/t2-,5?;/m0./s1. The van der Waals surface area contributed by atoms with Gasteiger partial charge in [-0.1, -0.05) is 0 Å². The Morgan fingerprint density at radius 3 is 2.15 bits per heavy atom. The predicted octanol–water partition coefficient (Wildman–Crippen LogP) is -2.83. The maximum absolute atomic E-state index is 10.6. The number of carboxylic acid groups (broad SMARTS) is 1. The summed E-state index contributed by atoms with van der Waals surface area (Å²) in [5.74, 6) is -4.00. The van der Waals surface area contributed by atoms with Crippen LogP contribution in [-0.4, -0.2) is 83.4 Å². The van der Waals surface area contributed by atoms with Crippen molar-refractivity contribution in [3.05, 3.63) is 11.5 Å². The monoisotopic (exact) mass is 293 g/mol. The van der Waals surface area contributed by atoms with Crippen LogP contribution in [0.3, 0.4) is 0 Å². The van der Waals surface area contributed by atoms with Crippen LogP contribution in [0.1, 0.15) is 0 Å². The molecule has 2 atom stereocenters. The molecule has 1 unspecified atom stereocenters. The number of carbonyl (C=O) groups is 2. The molecule has 0 aliphatic carbocycles. The Kier molecular flexibility index (Phi) is 6.43. The van der Waals surface area contributed by atoms with E-state index in [4.69, 9.17) is 20.4 Å². The third-order valence-electron chi connectivity index (χ3n) is 2.07. The summed E-state index contributed by atoms with van der Waals surface area (Å²) in [4.78, 5) is 20.5. The van der Waals surface area contributed by atoms with Gasteiger partial charge in [-0.05, 0) is 0 Å². The number of rotatable bonds is 4. The number of likely N-dealkylation sites (N-methyl/N-ethyl adjacent to an activating group) is 1. The van der Waals surface area contributed by atoms with E-state index >= 15 is 0 Å². The Hall–Kier alpha value is -1.84. The Morgan fingerprint density at radius 1 is 1.45 bits per heavy atom. The molecule has 1 heterocycles. The molecule has 0 amide bonds. The van der Waals surface area contributed by atoms with Crippen molar-refractivity contribution in [2.45, 2.75) is 12.2 Å². The predicted molar refractivity (Wildman–Crippen MR) is 63.2 cm³/mol. The van der Waals surface area contributed by atoms with Crippen LogP contribution in [0, 0.1) is 0 Å². The van der Waals surface area contributed by atoms with Gasteiger partial charge < -0.3 is 34.8 Å². The minimum atomic E-state index is -1.46. The lowest BCUT2D eigenvalue weighted by molar-refractivity contribution is -0.862. The zero-order valence-electron chi connectivity index (χ0n) is 11.4. The van der Waals surface area contributed by atoms with Gasteiger partial charge in [0.05, 0.1) is 27.7 Å². The first-order chi connectivity index (χ1) is 8.99. The van der Waals surface area contributed by atoms with Gasteiger partial charge in [0.1, 0.15) is 11.9 Å². The third-order valence-corrected chi connectivity index (χ3v) is 2.07. The van der Waals surface area contributed by atoms with Gasteiger partial charge in [-0.15, -0.1) is 0 Å². The fraction of sp³-hybridized carbons (Fsp3) is 0.636. The van der Waals surface area contributed by atoms with Gasteiger partial charge in [0.25, 0.3) is 0 Å². The number of hydrogen-bond acceptors (Lipinski definition) is 7. The lowest BCUT2D eigenvalue weighted by Gasteiger charge is -2.20. The lowest BCUT2D eigenvalue weighted by atomic mass is 10.2. The van der Waals surface area contributed by atoms with E-state index in [1.807, 2.05) is 21.1 Å². The maximum Gasteiger partial charge on any atom is 0.359 e. The van der Waals surface area contributed by atoms with Crippen molar-refractivity contribution in [1.29, 1.82) is 0 Å². The first-order valence-corrected chi connectivity index (χ1v) is 5.62. The van der Waals surface area contributed by atoms with Crippen LogP contribution < -0.4 is 5.11 Å².